The van der Waals surface area contributed by atoms with Gasteiger partial charge in [-0.3, -0.25) is 9.48 Å². The molecule has 2 aliphatic carbocycles. The largest absolute Gasteiger partial charge is 2.00 e. The number of methoxy groups -OCH3 is 1. The number of hydrogen-bond donors (Lipinski definition) is 2. The second kappa shape index (κ2) is 16.5. The van der Waals surface area contributed by atoms with Crippen molar-refractivity contribution < 1.29 is 40.9 Å². The summed E-state index contributed by atoms with van der Waals surface area (Å²) >= 11 is 0. The Morgan fingerprint density at radius 3 is 2.11 bits per heavy atom. The molecule has 2 saturated carbocycles. The predicted octanol–water partition coefficient (Wildman–Crippen LogP) is 1.63. The molecule has 1 heterocycles. The van der Waals surface area contributed by atoms with E-state index in [-0.39, 0.29) is 29.6 Å². The van der Waals surface area contributed by atoms with Crippen molar-refractivity contribution in [1.82, 2.24) is 25.6 Å². The minimum absolute atomic E-state index is 0. The van der Waals surface area contributed by atoms with Gasteiger partial charge in [0, 0.05) is 12.5 Å². The molecule has 0 aliphatic heterocycles. The van der Waals surface area contributed by atoms with Crippen molar-refractivity contribution in [2.24, 2.45) is 5.92 Å². The van der Waals surface area contributed by atoms with Crippen LogP contribution in [0.1, 0.15) is 26.5 Å². The molecule has 0 saturated heterocycles. The first kappa shape index (κ1) is 30.9. The average molecular weight is 525 g/mol. The number of ether oxygens (including phenoxy) is 2. The van der Waals surface area contributed by atoms with Gasteiger partial charge in [0.15, 0.2) is 0 Å². The summed E-state index contributed by atoms with van der Waals surface area (Å²) < 4.78 is 11.4. The standard InChI is InChI=1S/C19H26N5O5.C5H5.Fe/c1-12(2)16(18(26)28-4)21-17(25)13(3)20-19(27)29-11-15-10-24(23-22-15)9-14-7-5-6-8-14;1-2-4-5-3-1;/h5-8,10,12-13,16H,9,11H2,1-4H3,(H,20,27)(H,21,25);1-5H;/q;;+2/t13-,16-;;/m0../s1. The summed E-state index contributed by atoms with van der Waals surface area (Å²) in [7, 11) is 1.25. The number of amides is 2. The maximum absolute atomic E-state index is 12.2. The summed E-state index contributed by atoms with van der Waals surface area (Å²) in [6, 6.07) is -1.70. The van der Waals surface area contributed by atoms with Gasteiger partial charge in [0.2, 0.25) is 5.91 Å². The van der Waals surface area contributed by atoms with Gasteiger partial charge < -0.3 is 20.1 Å². The Kier molecular flexibility index (Phi) is 14.6. The molecule has 1 aromatic rings. The fraction of sp³-hybridized carbons (Fsp3) is 0.375. The number of alkyl carbamates (subject to hydrolysis) is 1. The van der Waals surface area contributed by atoms with Gasteiger partial charge in [-0.05, 0) is 70.6 Å². The van der Waals surface area contributed by atoms with Gasteiger partial charge >= 0.3 is 29.1 Å². The molecule has 35 heavy (non-hydrogen) atoms. The Morgan fingerprint density at radius 2 is 1.57 bits per heavy atom. The van der Waals surface area contributed by atoms with E-state index < -0.39 is 30.1 Å². The summed E-state index contributed by atoms with van der Waals surface area (Å²) in [6.07, 6.45) is 18.7. The second-order valence-corrected chi connectivity index (χ2v) is 7.86. The molecule has 0 aromatic carbocycles. The van der Waals surface area contributed by atoms with Crippen LogP contribution < -0.4 is 10.6 Å². The number of aromatic nitrogens is 3. The van der Waals surface area contributed by atoms with Crippen molar-refractivity contribution in [2.75, 3.05) is 7.11 Å². The van der Waals surface area contributed by atoms with Crippen LogP contribution in [0.15, 0.2) is 6.20 Å². The number of carbonyl (C=O) groups is 3. The number of esters is 1. The van der Waals surface area contributed by atoms with E-state index in [0.29, 0.717) is 12.2 Å². The number of carbonyl (C=O) groups excluding carboxylic acids is 3. The van der Waals surface area contributed by atoms with Crippen molar-refractivity contribution in [3.05, 3.63) is 75.6 Å². The number of nitrogens with zero attached hydrogens (tertiary/aromatic N) is 3. The van der Waals surface area contributed by atoms with Crippen LogP contribution >= 0.6 is 0 Å². The van der Waals surface area contributed by atoms with E-state index in [9.17, 15) is 14.4 Å². The summed E-state index contributed by atoms with van der Waals surface area (Å²) in [5, 5.41) is 12.9. The molecule has 3 rings (SSSR count). The summed E-state index contributed by atoms with van der Waals surface area (Å²) in [5.74, 6) is -0.146. The van der Waals surface area contributed by atoms with Crippen molar-refractivity contribution >= 4 is 18.0 Å². The smallest absolute Gasteiger partial charge is 0.467 e. The Morgan fingerprint density at radius 1 is 0.971 bits per heavy atom. The monoisotopic (exact) mass is 525 g/mol. The number of nitrogens with one attached hydrogen (secondary N) is 2. The van der Waals surface area contributed by atoms with Gasteiger partial charge in [-0.15, -0.1) is 5.10 Å². The van der Waals surface area contributed by atoms with Crippen LogP contribution in [-0.2, 0) is 49.3 Å². The van der Waals surface area contributed by atoms with E-state index in [1.54, 1.807) is 24.7 Å². The maximum Gasteiger partial charge on any atom is 2.00 e. The minimum Gasteiger partial charge on any atom is -0.467 e. The van der Waals surface area contributed by atoms with E-state index in [0.717, 1.165) is 5.92 Å². The molecule has 2 atom stereocenters. The molecule has 10 nitrogen and oxygen atoms in total. The number of rotatable bonds is 9. The Bertz CT molecular complexity index is 770. The zero-order chi connectivity index (χ0) is 24.9. The zero-order valence-electron chi connectivity index (χ0n) is 20.2. The Hall–Kier alpha value is -2.13. The molecular formula is C24H31FeN5O5+2. The third kappa shape index (κ3) is 11.4. The van der Waals surface area contributed by atoms with Gasteiger partial charge in [0.05, 0.1) is 13.3 Å². The average Bonchev–Trinajstić information content (AvgIpc) is 3.60. The van der Waals surface area contributed by atoms with Gasteiger partial charge in [-0.1, -0.05) is 19.1 Å². The first-order chi connectivity index (χ1) is 16.3. The molecule has 11 heteroatoms. The van der Waals surface area contributed by atoms with Gasteiger partial charge in [0.25, 0.3) is 0 Å². The van der Waals surface area contributed by atoms with E-state index >= 15 is 0 Å². The van der Waals surface area contributed by atoms with Gasteiger partial charge in [0.1, 0.15) is 24.4 Å². The molecule has 10 radical (unpaired) electrons. The summed E-state index contributed by atoms with van der Waals surface area (Å²) in [4.78, 5) is 35.9. The number of hydrogen-bond acceptors (Lipinski definition) is 7. The quantitative estimate of drug-likeness (QED) is 0.371. The first-order valence-electron chi connectivity index (χ1n) is 10.9. The summed E-state index contributed by atoms with van der Waals surface area (Å²) in [5.41, 5.74) is 0.481. The van der Waals surface area contributed by atoms with Crippen LogP contribution in [0.2, 0.25) is 0 Å². The molecule has 2 fully saturated rings. The third-order valence-corrected chi connectivity index (χ3v) is 4.72. The van der Waals surface area contributed by atoms with Crippen LogP contribution in [0.3, 0.4) is 0 Å². The van der Waals surface area contributed by atoms with Crippen LogP contribution in [0.25, 0.3) is 0 Å². The SMILES string of the molecule is COC(=O)[C@@H](NC(=O)[C@H](C)NC(=O)OCc1cn(C[C]2[CH][CH][CH][CH]2)nn1)C(C)C.[CH]1[CH][CH][CH][CH]1.[Fe+2]. The fourth-order valence-electron chi connectivity index (χ4n) is 2.84. The van der Waals surface area contributed by atoms with Crippen molar-refractivity contribution in [1.29, 1.82) is 0 Å². The van der Waals surface area contributed by atoms with Crippen molar-refractivity contribution in [3.63, 3.8) is 0 Å². The molecule has 1 aromatic heterocycles. The maximum atomic E-state index is 12.2. The fourth-order valence-corrected chi connectivity index (χ4v) is 2.84. The van der Waals surface area contributed by atoms with Crippen LogP contribution in [-0.4, -0.2) is 52.2 Å². The Balaban J connectivity index is 0.000000904. The van der Waals surface area contributed by atoms with Crippen molar-refractivity contribution in [3.8, 4) is 0 Å². The first-order valence-corrected chi connectivity index (χ1v) is 10.9. The zero-order valence-corrected chi connectivity index (χ0v) is 21.3. The van der Waals surface area contributed by atoms with Gasteiger partial charge in [-0.25, -0.2) is 9.59 Å². The van der Waals surface area contributed by atoms with Gasteiger partial charge in [-0.2, -0.15) is 0 Å². The van der Waals surface area contributed by atoms with Crippen molar-refractivity contribution in [2.45, 2.75) is 46.0 Å². The third-order valence-electron chi connectivity index (χ3n) is 4.72. The molecular weight excluding hydrogens is 494 g/mol. The minimum atomic E-state index is -0.901. The van der Waals surface area contributed by atoms with Crippen LogP contribution in [0.4, 0.5) is 4.79 Å². The van der Waals surface area contributed by atoms with E-state index in [1.807, 2.05) is 57.8 Å². The molecule has 2 amide bonds. The van der Waals surface area contributed by atoms with E-state index in [1.165, 1.54) is 14.0 Å². The predicted molar refractivity (Wildman–Crippen MR) is 124 cm³/mol. The Labute approximate surface area is 219 Å². The van der Waals surface area contributed by atoms with E-state index in [2.05, 4.69) is 25.7 Å². The van der Waals surface area contributed by atoms with E-state index in [4.69, 9.17) is 4.74 Å². The molecule has 0 unspecified atom stereocenters. The molecule has 0 spiro atoms. The topological polar surface area (TPSA) is 124 Å². The van der Waals surface area contributed by atoms with Crippen LogP contribution in [0.5, 0.6) is 0 Å². The molecule has 188 valence electrons. The molecule has 2 aliphatic rings. The van der Waals surface area contributed by atoms with Crippen LogP contribution in [0, 0.1) is 69.6 Å². The molecule has 2 N–H and O–H groups in total. The normalized spacial score (nSPS) is 16.9. The molecule has 0 bridgehead atoms. The second-order valence-electron chi connectivity index (χ2n) is 7.86. The summed E-state index contributed by atoms with van der Waals surface area (Å²) in [6.45, 7) is 5.53.